The van der Waals surface area contributed by atoms with Crippen LogP contribution in [0.5, 0.6) is 0 Å². The van der Waals surface area contributed by atoms with E-state index in [0.29, 0.717) is 23.3 Å². The summed E-state index contributed by atoms with van der Waals surface area (Å²) in [6.07, 6.45) is 0. The first kappa shape index (κ1) is 18.6. The molecule has 1 heterocycles. The Bertz CT molecular complexity index is 971. The van der Waals surface area contributed by atoms with E-state index in [0.717, 1.165) is 5.56 Å². The normalized spacial score (nSPS) is 11.6. The third kappa shape index (κ3) is 4.31. The molecule has 0 fully saturated rings. The fraction of sp³-hybridized carbons (Fsp3) is 0.222. The van der Waals surface area contributed by atoms with Crippen LogP contribution < -0.4 is 0 Å². The van der Waals surface area contributed by atoms with Crippen LogP contribution in [0.1, 0.15) is 18.3 Å². The highest BCUT2D eigenvalue weighted by molar-refractivity contribution is 7.98. The van der Waals surface area contributed by atoms with Gasteiger partial charge in [0.05, 0.1) is 4.90 Å². The van der Waals surface area contributed by atoms with Crippen LogP contribution in [0.4, 0.5) is 4.39 Å². The van der Waals surface area contributed by atoms with E-state index in [1.165, 1.54) is 23.9 Å². The predicted octanol–water partition coefficient (Wildman–Crippen LogP) is 3.70. The first-order valence-corrected chi connectivity index (χ1v) is 10.7. The standard InChI is InChI=1S/C18H18FN3O2S2/c1-2-22-17(13-26(23,24)16-6-4-3-5-7-16)20-21-18(22)25-12-14-8-10-15(19)11-9-14/h3-11H,2,12-13H2,1H3. The number of sulfone groups is 1. The molecule has 1 aromatic heterocycles. The zero-order valence-corrected chi connectivity index (χ0v) is 15.8. The molecule has 3 aromatic rings. The summed E-state index contributed by atoms with van der Waals surface area (Å²) in [4.78, 5) is 0.270. The van der Waals surface area contributed by atoms with E-state index in [4.69, 9.17) is 0 Å². The predicted molar refractivity (Wildman–Crippen MR) is 99.0 cm³/mol. The molecule has 0 saturated carbocycles. The smallest absolute Gasteiger partial charge is 0.191 e. The minimum atomic E-state index is -3.48. The van der Waals surface area contributed by atoms with Crippen LogP contribution in [0.3, 0.4) is 0 Å². The van der Waals surface area contributed by atoms with Crippen LogP contribution in [0, 0.1) is 5.82 Å². The molecule has 0 aliphatic carbocycles. The van der Waals surface area contributed by atoms with Gasteiger partial charge in [0.15, 0.2) is 15.0 Å². The van der Waals surface area contributed by atoms with Gasteiger partial charge in [-0.3, -0.25) is 0 Å². The van der Waals surface area contributed by atoms with Gasteiger partial charge in [0.2, 0.25) is 0 Å². The Morgan fingerprint density at radius 3 is 2.38 bits per heavy atom. The van der Waals surface area contributed by atoms with Crippen LogP contribution in [0.15, 0.2) is 64.6 Å². The molecule has 0 amide bonds. The Hall–Kier alpha value is -2.19. The Morgan fingerprint density at radius 2 is 1.73 bits per heavy atom. The monoisotopic (exact) mass is 391 g/mol. The second-order valence-electron chi connectivity index (χ2n) is 5.63. The topological polar surface area (TPSA) is 64.8 Å². The molecule has 8 heteroatoms. The van der Waals surface area contributed by atoms with E-state index in [1.807, 2.05) is 6.92 Å². The van der Waals surface area contributed by atoms with Crippen LogP contribution in [0.25, 0.3) is 0 Å². The van der Waals surface area contributed by atoms with E-state index < -0.39 is 9.84 Å². The molecule has 26 heavy (non-hydrogen) atoms. The van der Waals surface area contributed by atoms with Gasteiger partial charge in [-0.05, 0) is 36.8 Å². The van der Waals surface area contributed by atoms with Crippen molar-refractivity contribution in [1.82, 2.24) is 14.8 Å². The zero-order chi connectivity index (χ0) is 18.6. The minimum Gasteiger partial charge on any atom is -0.305 e. The molecule has 0 N–H and O–H groups in total. The number of thioether (sulfide) groups is 1. The number of nitrogens with zero attached hydrogens (tertiary/aromatic N) is 3. The minimum absolute atomic E-state index is 0.199. The van der Waals surface area contributed by atoms with Crippen molar-refractivity contribution in [2.45, 2.75) is 35.0 Å². The van der Waals surface area contributed by atoms with Gasteiger partial charge in [-0.1, -0.05) is 42.1 Å². The average molecular weight is 391 g/mol. The third-order valence-electron chi connectivity index (χ3n) is 3.81. The lowest BCUT2D eigenvalue weighted by atomic mass is 10.2. The Labute approximate surface area is 156 Å². The van der Waals surface area contributed by atoms with E-state index in [1.54, 1.807) is 47.0 Å². The van der Waals surface area contributed by atoms with Gasteiger partial charge in [0, 0.05) is 12.3 Å². The van der Waals surface area contributed by atoms with Gasteiger partial charge < -0.3 is 4.57 Å². The lowest BCUT2D eigenvalue weighted by molar-refractivity contribution is 0.588. The van der Waals surface area contributed by atoms with Crippen molar-refractivity contribution in [2.75, 3.05) is 0 Å². The molecule has 0 spiro atoms. The maximum Gasteiger partial charge on any atom is 0.191 e. The average Bonchev–Trinajstić information content (AvgIpc) is 3.03. The van der Waals surface area contributed by atoms with Crippen LogP contribution in [0.2, 0.25) is 0 Å². The summed E-state index contributed by atoms with van der Waals surface area (Å²) in [6, 6.07) is 14.6. The molecule has 0 atom stereocenters. The van der Waals surface area contributed by atoms with Crippen LogP contribution in [-0.4, -0.2) is 23.2 Å². The van der Waals surface area contributed by atoms with Crippen molar-refractivity contribution in [3.63, 3.8) is 0 Å². The highest BCUT2D eigenvalue weighted by Crippen LogP contribution is 2.24. The molecule has 2 aromatic carbocycles. The van der Waals surface area contributed by atoms with Gasteiger partial charge >= 0.3 is 0 Å². The summed E-state index contributed by atoms with van der Waals surface area (Å²) in [5.74, 6) is 0.542. The van der Waals surface area contributed by atoms with Crippen LogP contribution in [-0.2, 0) is 27.9 Å². The second kappa shape index (κ2) is 8.01. The summed E-state index contributed by atoms with van der Waals surface area (Å²) in [6.45, 7) is 2.49. The summed E-state index contributed by atoms with van der Waals surface area (Å²) in [5, 5.41) is 8.86. The quantitative estimate of drug-likeness (QED) is 0.575. The number of benzene rings is 2. The largest absolute Gasteiger partial charge is 0.305 e. The van der Waals surface area contributed by atoms with Gasteiger partial charge in [-0.15, -0.1) is 10.2 Å². The zero-order valence-electron chi connectivity index (χ0n) is 14.2. The molecule has 5 nitrogen and oxygen atoms in total. The van der Waals surface area contributed by atoms with Crippen molar-refractivity contribution in [3.05, 3.63) is 71.8 Å². The third-order valence-corrected chi connectivity index (χ3v) is 6.48. The fourth-order valence-electron chi connectivity index (χ4n) is 2.46. The van der Waals surface area contributed by atoms with Gasteiger partial charge in [-0.2, -0.15) is 0 Å². The molecule has 0 saturated heterocycles. The molecule has 0 unspecified atom stereocenters. The van der Waals surface area contributed by atoms with Gasteiger partial charge in [0.1, 0.15) is 17.4 Å². The van der Waals surface area contributed by atoms with Crippen molar-refractivity contribution in [1.29, 1.82) is 0 Å². The summed E-state index contributed by atoms with van der Waals surface area (Å²) in [5.41, 5.74) is 0.959. The molecule has 3 rings (SSSR count). The summed E-state index contributed by atoms with van der Waals surface area (Å²) in [7, 11) is -3.48. The number of hydrogen-bond donors (Lipinski definition) is 0. The van der Waals surface area contributed by atoms with Crippen molar-refractivity contribution < 1.29 is 12.8 Å². The van der Waals surface area contributed by atoms with Gasteiger partial charge in [-0.25, -0.2) is 12.8 Å². The lowest BCUT2D eigenvalue weighted by Gasteiger charge is -2.08. The first-order valence-electron chi connectivity index (χ1n) is 8.06. The molecule has 0 bridgehead atoms. The SMILES string of the molecule is CCn1c(CS(=O)(=O)c2ccccc2)nnc1SCc1ccc(F)cc1. The fourth-order valence-corrected chi connectivity index (χ4v) is 4.73. The highest BCUT2D eigenvalue weighted by atomic mass is 32.2. The van der Waals surface area contributed by atoms with Crippen molar-refractivity contribution >= 4 is 21.6 Å². The molecule has 0 aliphatic rings. The van der Waals surface area contributed by atoms with E-state index >= 15 is 0 Å². The number of hydrogen-bond acceptors (Lipinski definition) is 5. The van der Waals surface area contributed by atoms with E-state index in [9.17, 15) is 12.8 Å². The summed E-state index contributed by atoms with van der Waals surface area (Å²) < 4.78 is 39.9. The number of aromatic nitrogens is 3. The number of halogens is 1. The summed E-state index contributed by atoms with van der Waals surface area (Å²) >= 11 is 1.45. The first-order chi connectivity index (χ1) is 12.5. The van der Waals surface area contributed by atoms with Crippen LogP contribution >= 0.6 is 11.8 Å². The molecule has 136 valence electrons. The molecule has 0 aliphatic heterocycles. The Kier molecular flexibility index (Phi) is 5.73. The second-order valence-corrected chi connectivity index (χ2v) is 8.56. The van der Waals surface area contributed by atoms with E-state index in [-0.39, 0.29) is 16.5 Å². The maximum absolute atomic E-state index is 13.0. The Morgan fingerprint density at radius 1 is 1.04 bits per heavy atom. The highest BCUT2D eigenvalue weighted by Gasteiger charge is 2.20. The maximum atomic E-state index is 13.0. The Balaban J connectivity index is 1.76. The molecular formula is C18H18FN3O2S2. The molecule has 0 radical (unpaired) electrons. The lowest BCUT2D eigenvalue weighted by Crippen LogP contribution is -2.11. The van der Waals surface area contributed by atoms with Crippen molar-refractivity contribution in [2.24, 2.45) is 0 Å². The molecular weight excluding hydrogens is 373 g/mol. The van der Waals surface area contributed by atoms with Crippen molar-refractivity contribution in [3.8, 4) is 0 Å². The number of rotatable bonds is 7. The van der Waals surface area contributed by atoms with E-state index in [2.05, 4.69) is 10.2 Å². The van der Waals surface area contributed by atoms with Gasteiger partial charge in [0.25, 0.3) is 0 Å².